The monoisotopic (exact) mass is 255 g/mol. The Morgan fingerprint density at radius 3 is 2.50 bits per heavy atom. The molecule has 4 heteroatoms. The van der Waals surface area contributed by atoms with E-state index in [9.17, 15) is 4.79 Å². The molecule has 104 valence electrons. The SMILES string of the molecule is CC(C)(C)OC(=O)N1CCC2(CC1)C[C@@H]2CCO. The number of carbonyl (C=O) groups is 1. The molecular weight excluding hydrogens is 230 g/mol. The van der Waals surface area contributed by atoms with Gasteiger partial charge in [0.25, 0.3) is 0 Å². The first-order chi connectivity index (χ1) is 8.36. The lowest BCUT2D eigenvalue weighted by Crippen LogP contribution is -2.42. The van der Waals surface area contributed by atoms with Crippen molar-refractivity contribution in [3.63, 3.8) is 0 Å². The Kier molecular flexibility index (Phi) is 3.58. The summed E-state index contributed by atoms with van der Waals surface area (Å²) < 4.78 is 5.39. The summed E-state index contributed by atoms with van der Waals surface area (Å²) in [6, 6.07) is 0. The van der Waals surface area contributed by atoms with Crippen LogP contribution in [0.1, 0.15) is 46.5 Å². The van der Waals surface area contributed by atoms with Gasteiger partial charge in [0.05, 0.1) is 0 Å². The lowest BCUT2D eigenvalue weighted by molar-refractivity contribution is 0.0163. The molecule has 0 unspecified atom stereocenters. The second-order valence-corrected chi connectivity index (χ2v) is 6.74. The van der Waals surface area contributed by atoms with Gasteiger partial charge in [0, 0.05) is 19.7 Å². The molecule has 0 radical (unpaired) electrons. The topological polar surface area (TPSA) is 49.8 Å². The lowest BCUT2D eigenvalue weighted by Gasteiger charge is -2.34. The average Bonchev–Trinajstić information content (AvgIpc) is 2.90. The molecule has 0 aromatic carbocycles. The third kappa shape index (κ3) is 2.97. The first-order valence-electron chi connectivity index (χ1n) is 6.95. The molecule has 1 heterocycles. The van der Waals surface area contributed by atoms with E-state index in [1.165, 1.54) is 6.42 Å². The predicted octanol–water partition coefficient (Wildman–Crippen LogP) is 2.41. The molecule has 0 aromatic heterocycles. The summed E-state index contributed by atoms with van der Waals surface area (Å²) >= 11 is 0. The molecule has 1 amide bonds. The molecular formula is C14H25NO3. The van der Waals surface area contributed by atoms with Crippen LogP contribution in [0, 0.1) is 11.3 Å². The van der Waals surface area contributed by atoms with Gasteiger partial charge in [-0.05, 0) is 57.8 Å². The molecule has 0 bridgehead atoms. The van der Waals surface area contributed by atoms with E-state index in [-0.39, 0.29) is 6.09 Å². The first-order valence-corrected chi connectivity index (χ1v) is 6.95. The zero-order chi connectivity index (χ0) is 13.4. The van der Waals surface area contributed by atoms with E-state index in [0.29, 0.717) is 17.9 Å². The quantitative estimate of drug-likeness (QED) is 0.824. The van der Waals surface area contributed by atoms with E-state index in [4.69, 9.17) is 9.84 Å². The van der Waals surface area contributed by atoms with Crippen LogP contribution in [0.5, 0.6) is 0 Å². The van der Waals surface area contributed by atoms with Crippen molar-refractivity contribution in [2.24, 2.45) is 11.3 Å². The molecule has 1 atom stereocenters. The van der Waals surface area contributed by atoms with Gasteiger partial charge < -0.3 is 14.7 Å². The van der Waals surface area contributed by atoms with Gasteiger partial charge >= 0.3 is 6.09 Å². The average molecular weight is 255 g/mol. The standard InChI is InChI=1S/C14H25NO3/c1-13(2,3)18-12(17)15-7-5-14(6-8-15)10-11(14)4-9-16/h11,16H,4-10H2,1-3H3/t11-/m0/s1. The van der Waals surface area contributed by atoms with Crippen LogP contribution in [0.15, 0.2) is 0 Å². The second kappa shape index (κ2) is 4.72. The van der Waals surface area contributed by atoms with E-state index >= 15 is 0 Å². The summed E-state index contributed by atoms with van der Waals surface area (Å²) in [4.78, 5) is 13.7. The van der Waals surface area contributed by atoms with E-state index < -0.39 is 5.60 Å². The summed E-state index contributed by atoms with van der Waals surface area (Å²) in [5.74, 6) is 0.684. The maximum Gasteiger partial charge on any atom is 0.410 e. The lowest BCUT2D eigenvalue weighted by atomic mass is 9.90. The van der Waals surface area contributed by atoms with Crippen molar-refractivity contribution in [3.05, 3.63) is 0 Å². The Morgan fingerprint density at radius 2 is 2.00 bits per heavy atom. The highest BCUT2D eigenvalue weighted by Crippen LogP contribution is 2.60. The molecule has 1 N–H and O–H groups in total. The number of nitrogens with zero attached hydrogens (tertiary/aromatic N) is 1. The fourth-order valence-electron chi connectivity index (χ4n) is 3.07. The molecule has 1 spiro atoms. The van der Waals surface area contributed by atoms with Crippen molar-refractivity contribution in [3.8, 4) is 0 Å². The van der Waals surface area contributed by atoms with E-state index in [1.807, 2.05) is 25.7 Å². The highest BCUT2D eigenvalue weighted by atomic mass is 16.6. The molecule has 4 nitrogen and oxygen atoms in total. The third-order valence-electron chi connectivity index (χ3n) is 4.25. The number of carbonyl (C=O) groups excluding carboxylic acids is 1. The minimum Gasteiger partial charge on any atom is -0.444 e. The Bertz CT molecular complexity index is 313. The number of hydrogen-bond donors (Lipinski definition) is 1. The fraction of sp³-hybridized carbons (Fsp3) is 0.929. The van der Waals surface area contributed by atoms with Crippen molar-refractivity contribution in [2.75, 3.05) is 19.7 Å². The van der Waals surface area contributed by atoms with Crippen LogP contribution in [0.2, 0.25) is 0 Å². The van der Waals surface area contributed by atoms with Crippen LogP contribution in [0.4, 0.5) is 4.79 Å². The summed E-state index contributed by atoms with van der Waals surface area (Å²) in [6.07, 6.45) is 4.10. The minimum absolute atomic E-state index is 0.184. The minimum atomic E-state index is -0.411. The molecule has 1 aliphatic carbocycles. The van der Waals surface area contributed by atoms with Gasteiger partial charge in [-0.2, -0.15) is 0 Å². The molecule has 1 saturated heterocycles. The molecule has 2 fully saturated rings. The van der Waals surface area contributed by atoms with Crippen LogP contribution < -0.4 is 0 Å². The van der Waals surface area contributed by atoms with E-state index in [1.54, 1.807) is 0 Å². The third-order valence-corrected chi connectivity index (χ3v) is 4.25. The number of amides is 1. The summed E-state index contributed by atoms with van der Waals surface area (Å²) in [6.45, 7) is 7.59. The Morgan fingerprint density at radius 1 is 1.39 bits per heavy atom. The summed E-state index contributed by atoms with van der Waals surface area (Å²) in [5, 5.41) is 8.97. The van der Waals surface area contributed by atoms with Crippen molar-refractivity contribution in [2.45, 2.75) is 52.1 Å². The maximum atomic E-state index is 11.9. The molecule has 2 aliphatic rings. The van der Waals surface area contributed by atoms with Gasteiger partial charge in [0.1, 0.15) is 5.60 Å². The number of aliphatic hydroxyl groups is 1. The highest BCUT2D eigenvalue weighted by molar-refractivity contribution is 5.68. The summed E-state index contributed by atoms with van der Waals surface area (Å²) in [7, 11) is 0. The predicted molar refractivity (Wildman–Crippen MR) is 69.3 cm³/mol. The van der Waals surface area contributed by atoms with Gasteiger partial charge in [-0.25, -0.2) is 4.79 Å². The van der Waals surface area contributed by atoms with Crippen LogP contribution in [-0.4, -0.2) is 41.4 Å². The van der Waals surface area contributed by atoms with Crippen LogP contribution in [0.3, 0.4) is 0 Å². The van der Waals surface area contributed by atoms with E-state index in [2.05, 4.69) is 0 Å². The van der Waals surface area contributed by atoms with Gasteiger partial charge in [-0.1, -0.05) is 0 Å². The number of ether oxygens (including phenoxy) is 1. The molecule has 1 aliphatic heterocycles. The van der Waals surface area contributed by atoms with Crippen molar-refractivity contribution in [1.29, 1.82) is 0 Å². The van der Waals surface area contributed by atoms with Gasteiger partial charge in [-0.3, -0.25) is 0 Å². The smallest absolute Gasteiger partial charge is 0.410 e. The number of aliphatic hydroxyl groups excluding tert-OH is 1. The van der Waals surface area contributed by atoms with Crippen molar-refractivity contribution < 1.29 is 14.6 Å². The first kappa shape index (κ1) is 13.7. The highest BCUT2D eigenvalue weighted by Gasteiger charge is 2.54. The second-order valence-electron chi connectivity index (χ2n) is 6.74. The largest absolute Gasteiger partial charge is 0.444 e. The zero-order valence-corrected chi connectivity index (χ0v) is 11.7. The van der Waals surface area contributed by atoms with Crippen molar-refractivity contribution >= 4 is 6.09 Å². The van der Waals surface area contributed by atoms with Crippen LogP contribution >= 0.6 is 0 Å². The van der Waals surface area contributed by atoms with Gasteiger partial charge in [0.2, 0.25) is 0 Å². The molecule has 0 aromatic rings. The van der Waals surface area contributed by atoms with Crippen LogP contribution in [-0.2, 0) is 4.74 Å². The number of piperidine rings is 1. The van der Waals surface area contributed by atoms with E-state index in [0.717, 1.165) is 32.4 Å². The Labute approximate surface area is 109 Å². The zero-order valence-electron chi connectivity index (χ0n) is 11.7. The Balaban J connectivity index is 1.79. The number of hydrogen-bond acceptors (Lipinski definition) is 3. The van der Waals surface area contributed by atoms with Gasteiger partial charge in [0.15, 0.2) is 0 Å². The number of rotatable bonds is 2. The maximum absolute atomic E-state index is 11.9. The molecule has 1 saturated carbocycles. The summed E-state index contributed by atoms with van der Waals surface area (Å²) in [5.41, 5.74) is 0.0203. The molecule has 18 heavy (non-hydrogen) atoms. The van der Waals surface area contributed by atoms with Gasteiger partial charge in [-0.15, -0.1) is 0 Å². The number of likely N-dealkylation sites (tertiary alicyclic amines) is 1. The van der Waals surface area contributed by atoms with Crippen LogP contribution in [0.25, 0.3) is 0 Å². The fourth-order valence-corrected chi connectivity index (χ4v) is 3.07. The normalized spacial score (nSPS) is 26.2. The molecule has 2 rings (SSSR count). The Hall–Kier alpha value is -0.770. The van der Waals surface area contributed by atoms with Crippen molar-refractivity contribution in [1.82, 2.24) is 4.90 Å².